The van der Waals surface area contributed by atoms with E-state index < -0.39 is 6.04 Å². The van der Waals surface area contributed by atoms with Crippen LogP contribution in [0.4, 0.5) is 5.69 Å². The van der Waals surface area contributed by atoms with Crippen molar-refractivity contribution in [3.8, 4) is 11.5 Å². The third kappa shape index (κ3) is 5.09. The lowest BCUT2D eigenvalue weighted by Crippen LogP contribution is -2.47. The molecule has 0 spiro atoms. The van der Waals surface area contributed by atoms with Gasteiger partial charge in [-0.2, -0.15) is 0 Å². The second kappa shape index (κ2) is 11.0. The van der Waals surface area contributed by atoms with Crippen molar-refractivity contribution in [1.82, 2.24) is 9.47 Å². The summed E-state index contributed by atoms with van der Waals surface area (Å²) >= 11 is 0. The molecule has 6 heteroatoms. The van der Waals surface area contributed by atoms with Gasteiger partial charge in [0.1, 0.15) is 17.5 Å². The Morgan fingerprint density at radius 2 is 1.49 bits per heavy atom. The maximum atomic E-state index is 14.0. The summed E-state index contributed by atoms with van der Waals surface area (Å²) in [4.78, 5) is 29.9. The van der Waals surface area contributed by atoms with E-state index >= 15 is 0 Å². The molecule has 2 atom stereocenters. The van der Waals surface area contributed by atoms with Crippen molar-refractivity contribution in [2.24, 2.45) is 13.0 Å². The second-order valence-corrected chi connectivity index (χ2v) is 11.0. The number of ether oxygens (including phenoxy) is 1. The van der Waals surface area contributed by atoms with Gasteiger partial charge in [-0.3, -0.25) is 9.59 Å². The van der Waals surface area contributed by atoms with Gasteiger partial charge in [0.05, 0.1) is 6.04 Å². The summed E-state index contributed by atoms with van der Waals surface area (Å²) in [5, 5.41) is 4.16. The van der Waals surface area contributed by atoms with Gasteiger partial charge in [-0.25, -0.2) is 0 Å². The van der Waals surface area contributed by atoms with E-state index in [2.05, 4.69) is 42.1 Å². The van der Waals surface area contributed by atoms with Crippen LogP contribution in [0, 0.1) is 5.92 Å². The Hall–Kier alpha value is -4.84. The number of anilines is 1. The number of hydrogen-bond acceptors (Lipinski definition) is 3. The first-order valence-corrected chi connectivity index (χ1v) is 14.0. The highest BCUT2D eigenvalue weighted by Gasteiger charge is 2.45. The normalized spacial score (nSPS) is 15.3. The molecule has 0 aliphatic carbocycles. The Labute approximate surface area is 240 Å². The summed E-state index contributed by atoms with van der Waals surface area (Å²) in [7, 11) is 2.02. The van der Waals surface area contributed by atoms with Crippen molar-refractivity contribution in [1.29, 1.82) is 0 Å². The third-order valence-corrected chi connectivity index (χ3v) is 7.65. The summed E-state index contributed by atoms with van der Waals surface area (Å²) in [5.41, 5.74) is 4.33. The Bertz CT molecular complexity index is 1710. The Kier molecular flexibility index (Phi) is 7.06. The average molecular weight is 544 g/mol. The molecular formula is C35H33N3O3. The van der Waals surface area contributed by atoms with E-state index in [9.17, 15) is 9.59 Å². The fourth-order valence-electron chi connectivity index (χ4n) is 5.82. The summed E-state index contributed by atoms with van der Waals surface area (Å²) in [6.07, 6.45) is 2.62. The smallest absolute Gasteiger partial charge is 0.255 e. The molecular weight excluding hydrogens is 510 g/mol. The van der Waals surface area contributed by atoms with Crippen LogP contribution in [-0.4, -0.2) is 27.3 Å². The van der Waals surface area contributed by atoms with Crippen molar-refractivity contribution >= 4 is 28.4 Å². The lowest BCUT2D eigenvalue weighted by atomic mass is 9.95. The van der Waals surface area contributed by atoms with Crippen molar-refractivity contribution in [2.75, 3.05) is 5.32 Å². The first kappa shape index (κ1) is 26.4. The highest BCUT2D eigenvalue weighted by atomic mass is 16.5. The fraction of sp³-hybridized carbons (Fsp3) is 0.200. The lowest BCUT2D eigenvalue weighted by Gasteiger charge is -2.34. The minimum absolute atomic E-state index is 0.119. The molecule has 0 bridgehead atoms. The summed E-state index contributed by atoms with van der Waals surface area (Å²) in [5.74, 6) is 1.28. The molecule has 2 amide bonds. The zero-order valence-electron chi connectivity index (χ0n) is 23.5. The zero-order valence-corrected chi connectivity index (χ0v) is 23.5. The third-order valence-electron chi connectivity index (χ3n) is 7.65. The van der Waals surface area contributed by atoms with E-state index in [1.165, 1.54) is 0 Å². The van der Waals surface area contributed by atoms with Gasteiger partial charge in [-0.15, -0.1) is 0 Å². The number of benzene rings is 4. The second-order valence-electron chi connectivity index (χ2n) is 11.0. The van der Waals surface area contributed by atoms with Crippen LogP contribution in [0.3, 0.4) is 0 Å². The number of amides is 2. The molecule has 2 heterocycles. The lowest BCUT2D eigenvalue weighted by molar-refractivity contribution is -0.121. The van der Waals surface area contributed by atoms with Crippen molar-refractivity contribution < 1.29 is 14.3 Å². The van der Waals surface area contributed by atoms with Gasteiger partial charge in [0, 0.05) is 41.0 Å². The van der Waals surface area contributed by atoms with Crippen LogP contribution >= 0.6 is 0 Å². The van der Waals surface area contributed by atoms with E-state index in [0.717, 1.165) is 27.8 Å². The average Bonchev–Trinajstić information content (AvgIpc) is 3.46. The first-order chi connectivity index (χ1) is 19.9. The maximum Gasteiger partial charge on any atom is 0.255 e. The summed E-state index contributed by atoms with van der Waals surface area (Å²) in [6.45, 7) is 4.16. The van der Waals surface area contributed by atoms with Crippen LogP contribution in [0.15, 0.2) is 109 Å². The van der Waals surface area contributed by atoms with Crippen molar-refractivity contribution in [3.63, 3.8) is 0 Å². The predicted octanol–water partition coefficient (Wildman–Crippen LogP) is 7.57. The van der Waals surface area contributed by atoms with Gasteiger partial charge in [0.2, 0.25) is 5.91 Å². The largest absolute Gasteiger partial charge is 0.457 e. The van der Waals surface area contributed by atoms with Crippen molar-refractivity contribution in [3.05, 3.63) is 126 Å². The Morgan fingerprint density at radius 3 is 2.24 bits per heavy atom. The number of carbonyl (C=O) groups excluding carboxylic acids is 2. The molecule has 41 heavy (non-hydrogen) atoms. The number of fused-ring (bicyclic) bond motifs is 2. The molecule has 1 N–H and O–H groups in total. The molecule has 0 saturated carbocycles. The van der Waals surface area contributed by atoms with E-state index in [4.69, 9.17) is 4.74 Å². The quantitative estimate of drug-likeness (QED) is 0.220. The number of aryl methyl sites for hydroxylation is 1. The van der Waals surface area contributed by atoms with Crippen molar-refractivity contribution in [2.45, 2.75) is 32.4 Å². The van der Waals surface area contributed by atoms with Crippen LogP contribution in [0.25, 0.3) is 10.9 Å². The number of nitrogens with one attached hydrogen (secondary N) is 1. The molecule has 206 valence electrons. The van der Waals surface area contributed by atoms with Crippen LogP contribution in [-0.2, 0) is 11.8 Å². The minimum Gasteiger partial charge on any atom is -0.457 e. The number of para-hydroxylation sites is 2. The molecule has 0 fully saturated rings. The minimum atomic E-state index is -0.667. The SMILES string of the molecule is CC(C)CC(C(=O)Nc1ccc(Oc2ccccc2)cc1)N1C(=O)c2ccccc2C1c1cn(C)c2ccccc12. The van der Waals surface area contributed by atoms with Gasteiger partial charge in [0.15, 0.2) is 0 Å². The summed E-state index contributed by atoms with van der Waals surface area (Å²) in [6, 6.07) is 31.8. The standard InChI is InChI=1S/C35H33N3O3/c1-23(2)21-32(34(39)36-24-17-19-26(20-18-24)41-25-11-5-4-6-12-25)38-33(28-14-7-8-15-29(28)35(38)40)30-22-37(3)31-16-10-9-13-27(30)31/h4-20,22-23,32-33H,21H2,1-3H3,(H,36,39). The van der Waals surface area contributed by atoms with Crippen LogP contribution in [0.2, 0.25) is 0 Å². The molecule has 0 radical (unpaired) electrons. The first-order valence-electron chi connectivity index (χ1n) is 14.0. The van der Waals surface area contributed by atoms with E-state index in [0.29, 0.717) is 23.4 Å². The van der Waals surface area contributed by atoms with Gasteiger partial charge in [0.25, 0.3) is 5.91 Å². The van der Waals surface area contributed by atoms with Crippen LogP contribution < -0.4 is 10.1 Å². The molecule has 0 saturated heterocycles. The molecule has 6 nitrogen and oxygen atoms in total. The van der Waals surface area contributed by atoms with Gasteiger partial charge >= 0.3 is 0 Å². The molecule has 5 aromatic rings. The zero-order chi connectivity index (χ0) is 28.5. The molecule has 1 aliphatic heterocycles. The number of hydrogen-bond donors (Lipinski definition) is 1. The van der Waals surface area contributed by atoms with E-state index in [1.54, 1.807) is 4.90 Å². The monoisotopic (exact) mass is 543 g/mol. The van der Waals surface area contributed by atoms with E-state index in [-0.39, 0.29) is 23.8 Å². The molecule has 2 unspecified atom stereocenters. The highest BCUT2D eigenvalue weighted by Crippen LogP contribution is 2.43. The Balaban J connectivity index is 1.34. The Morgan fingerprint density at radius 1 is 0.829 bits per heavy atom. The highest BCUT2D eigenvalue weighted by molar-refractivity contribution is 6.05. The number of aromatic nitrogens is 1. The van der Waals surface area contributed by atoms with Gasteiger partial charge in [-0.1, -0.05) is 68.4 Å². The molecule has 1 aromatic heterocycles. The fourth-order valence-corrected chi connectivity index (χ4v) is 5.82. The number of nitrogens with zero attached hydrogens (tertiary/aromatic N) is 2. The van der Waals surface area contributed by atoms with E-state index in [1.807, 2.05) is 98.0 Å². The summed E-state index contributed by atoms with van der Waals surface area (Å²) < 4.78 is 7.99. The van der Waals surface area contributed by atoms with Gasteiger partial charge in [-0.05, 0) is 66.4 Å². The molecule has 4 aromatic carbocycles. The topological polar surface area (TPSA) is 63.6 Å². The molecule has 6 rings (SSSR count). The van der Waals surface area contributed by atoms with Gasteiger partial charge < -0.3 is 19.5 Å². The van der Waals surface area contributed by atoms with Crippen LogP contribution in [0.1, 0.15) is 47.8 Å². The predicted molar refractivity (Wildman–Crippen MR) is 162 cm³/mol. The number of rotatable bonds is 8. The van der Waals surface area contributed by atoms with Crippen LogP contribution in [0.5, 0.6) is 11.5 Å². The number of carbonyl (C=O) groups is 2. The maximum absolute atomic E-state index is 14.0. The molecule has 1 aliphatic rings.